The van der Waals surface area contributed by atoms with Gasteiger partial charge in [-0.25, -0.2) is 9.83 Å². The monoisotopic (exact) mass is 608 g/mol. The summed E-state index contributed by atoms with van der Waals surface area (Å²) in [6.45, 7) is 7.94. The summed E-state index contributed by atoms with van der Waals surface area (Å²) >= 11 is 2.71. The van der Waals surface area contributed by atoms with Gasteiger partial charge in [-0.3, -0.25) is 9.48 Å². The van der Waals surface area contributed by atoms with Crippen LogP contribution in [-0.4, -0.2) is 26.9 Å². The highest BCUT2D eigenvalue weighted by Crippen LogP contribution is 2.35. The second kappa shape index (κ2) is 12.1. The van der Waals surface area contributed by atoms with E-state index in [0.29, 0.717) is 39.3 Å². The summed E-state index contributed by atoms with van der Waals surface area (Å²) in [6.07, 6.45) is -4.46. The number of aromatic amines is 1. The smallest absolute Gasteiger partial charge is 0.433 e. The van der Waals surface area contributed by atoms with Crippen LogP contribution in [0.25, 0.3) is 26.7 Å². The quantitative estimate of drug-likeness (QED) is 0.103. The lowest BCUT2D eigenvalue weighted by Crippen LogP contribution is -2.11. The van der Waals surface area contributed by atoms with Gasteiger partial charge in [0.25, 0.3) is 11.2 Å². The molecule has 42 heavy (non-hydrogen) atoms. The molecule has 5 rings (SSSR count). The number of nitrogens with zero attached hydrogens (tertiary/aromatic N) is 4. The van der Waals surface area contributed by atoms with Crippen LogP contribution in [0.4, 0.5) is 24.5 Å². The molecule has 3 heterocycles. The SMILES string of the molecule is [C-]#[N+]c1c(-c2cccc(OC)c2)nc(SCc2cccc(NCc3ccc(-c4cc(C(F)(F)F)n(C)n4)s3)c2)[nH]c1=O. The molecular weight excluding hydrogens is 585 g/mol. The lowest BCUT2D eigenvalue weighted by atomic mass is 10.1. The Morgan fingerprint density at radius 2 is 1.95 bits per heavy atom. The van der Waals surface area contributed by atoms with Gasteiger partial charge >= 0.3 is 6.18 Å². The number of aryl methyl sites for hydroxylation is 1. The summed E-state index contributed by atoms with van der Waals surface area (Å²) in [5.41, 5.74) is 1.64. The van der Waals surface area contributed by atoms with Crippen LogP contribution in [0.5, 0.6) is 5.75 Å². The van der Waals surface area contributed by atoms with E-state index in [2.05, 4.69) is 25.2 Å². The molecular formula is C29H23F3N6O2S2. The molecule has 0 spiro atoms. The minimum absolute atomic E-state index is 0.0839. The van der Waals surface area contributed by atoms with E-state index >= 15 is 0 Å². The van der Waals surface area contributed by atoms with E-state index in [9.17, 15) is 18.0 Å². The molecule has 0 unspecified atom stereocenters. The van der Waals surface area contributed by atoms with Gasteiger partial charge in [-0.1, -0.05) is 36.0 Å². The summed E-state index contributed by atoms with van der Waals surface area (Å²) in [4.78, 5) is 24.9. The van der Waals surface area contributed by atoms with E-state index in [1.54, 1.807) is 37.4 Å². The predicted molar refractivity (Wildman–Crippen MR) is 158 cm³/mol. The molecule has 5 aromatic rings. The maximum atomic E-state index is 13.1. The van der Waals surface area contributed by atoms with Crippen molar-refractivity contribution in [3.8, 4) is 27.6 Å². The number of thioether (sulfide) groups is 1. The fraction of sp³-hybridized carbons (Fsp3) is 0.172. The van der Waals surface area contributed by atoms with Gasteiger partial charge in [0.2, 0.25) is 0 Å². The van der Waals surface area contributed by atoms with Crippen LogP contribution in [0, 0.1) is 6.57 Å². The third-order valence-electron chi connectivity index (χ3n) is 6.18. The highest BCUT2D eigenvalue weighted by Gasteiger charge is 2.35. The largest absolute Gasteiger partial charge is 0.497 e. The Labute approximate surface area is 247 Å². The minimum Gasteiger partial charge on any atom is -0.497 e. The van der Waals surface area contributed by atoms with Gasteiger partial charge in [-0.15, -0.1) is 11.3 Å². The standard InChI is InChI=1S/C29H23F3N6O2S2/c1-33-26-25(18-7-5-9-20(13-18)40-3)35-28(36-27(26)39)41-16-17-6-4-8-19(12-17)34-15-21-10-11-23(42-21)22-14-24(29(30,31)32)38(2)37-22/h4-14,34H,15-16H2,2-3H3,(H,35,36,39). The predicted octanol–water partition coefficient (Wildman–Crippen LogP) is 7.38. The average Bonchev–Trinajstić information content (AvgIpc) is 3.61. The summed E-state index contributed by atoms with van der Waals surface area (Å²) in [5.74, 6) is 1.10. The molecule has 2 aromatic carbocycles. The van der Waals surface area contributed by atoms with Crippen molar-refractivity contribution in [3.05, 3.63) is 105 Å². The number of anilines is 1. The number of ether oxygens (including phenoxy) is 1. The number of nitrogens with one attached hydrogen (secondary N) is 2. The van der Waals surface area contributed by atoms with Crippen LogP contribution in [-0.2, 0) is 25.5 Å². The second-order valence-corrected chi connectivity index (χ2v) is 11.2. The number of hydrogen-bond acceptors (Lipinski definition) is 7. The van der Waals surface area contributed by atoms with Crippen molar-refractivity contribution in [3.63, 3.8) is 0 Å². The molecule has 0 bridgehead atoms. The normalized spacial score (nSPS) is 11.3. The number of halogens is 3. The Balaban J connectivity index is 1.25. The van der Waals surface area contributed by atoms with Crippen molar-refractivity contribution in [1.82, 2.24) is 19.7 Å². The molecule has 0 radical (unpaired) electrons. The molecule has 0 aliphatic rings. The van der Waals surface area contributed by atoms with E-state index in [0.717, 1.165) is 26.9 Å². The zero-order valence-electron chi connectivity index (χ0n) is 22.3. The number of benzene rings is 2. The van der Waals surface area contributed by atoms with E-state index in [-0.39, 0.29) is 11.4 Å². The third kappa shape index (κ3) is 6.50. The van der Waals surface area contributed by atoms with E-state index in [1.807, 2.05) is 30.3 Å². The molecule has 2 N–H and O–H groups in total. The minimum atomic E-state index is -4.46. The van der Waals surface area contributed by atoms with Crippen LogP contribution < -0.4 is 15.6 Å². The molecule has 8 nitrogen and oxygen atoms in total. The number of rotatable bonds is 9. The Morgan fingerprint density at radius 3 is 2.69 bits per heavy atom. The van der Waals surface area contributed by atoms with Crippen molar-refractivity contribution < 1.29 is 17.9 Å². The maximum Gasteiger partial charge on any atom is 0.433 e. The Kier molecular flexibility index (Phi) is 8.37. The molecule has 214 valence electrons. The van der Waals surface area contributed by atoms with Crippen molar-refractivity contribution >= 4 is 34.5 Å². The molecule has 0 saturated heterocycles. The van der Waals surface area contributed by atoms with Gasteiger partial charge in [0.15, 0.2) is 5.16 Å². The van der Waals surface area contributed by atoms with Gasteiger partial charge in [0.05, 0.1) is 24.3 Å². The van der Waals surface area contributed by atoms with Crippen LogP contribution >= 0.6 is 23.1 Å². The maximum absolute atomic E-state index is 13.1. The number of aromatic nitrogens is 4. The van der Waals surface area contributed by atoms with Gasteiger partial charge in [-0.2, -0.15) is 18.3 Å². The van der Waals surface area contributed by atoms with Crippen LogP contribution in [0.3, 0.4) is 0 Å². The molecule has 0 saturated carbocycles. The number of methoxy groups -OCH3 is 1. The summed E-state index contributed by atoms with van der Waals surface area (Å²) in [5, 5.41) is 7.75. The van der Waals surface area contributed by atoms with E-state index in [4.69, 9.17) is 11.3 Å². The first-order valence-corrected chi connectivity index (χ1v) is 14.3. The Bertz CT molecular complexity index is 1840. The molecule has 0 amide bonds. The lowest BCUT2D eigenvalue weighted by molar-refractivity contribution is -0.143. The first-order chi connectivity index (χ1) is 20.1. The van der Waals surface area contributed by atoms with Crippen molar-refractivity contribution in [1.29, 1.82) is 0 Å². The molecule has 13 heteroatoms. The molecule has 0 aliphatic carbocycles. The average molecular weight is 609 g/mol. The molecule has 0 atom stereocenters. The first-order valence-electron chi connectivity index (χ1n) is 12.5. The third-order valence-corrected chi connectivity index (χ3v) is 8.23. The van der Waals surface area contributed by atoms with E-state index < -0.39 is 17.4 Å². The molecule has 0 fully saturated rings. The Hall–Kier alpha value is -4.54. The van der Waals surface area contributed by atoms with Crippen LogP contribution in [0.2, 0.25) is 0 Å². The van der Waals surface area contributed by atoms with E-state index in [1.165, 1.54) is 30.1 Å². The number of thiophene rings is 1. The van der Waals surface area contributed by atoms with Crippen molar-refractivity contribution in [2.45, 2.75) is 23.6 Å². The zero-order chi connectivity index (χ0) is 29.9. The topological polar surface area (TPSA) is 89.2 Å². The first kappa shape index (κ1) is 29.0. The van der Waals surface area contributed by atoms with Gasteiger partial charge in [0, 0.05) is 29.9 Å². The van der Waals surface area contributed by atoms with Crippen molar-refractivity contribution in [2.24, 2.45) is 7.05 Å². The van der Waals surface area contributed by atoms with Gasteiger partial charge < -0.3 is 15.0 Å². The highest BCUT2D eigenvalue weighted by molar-refractivity contribution is 7.98. The molecule has 0 aliphatic heterocycles. The Morgan fingerprint density at radius 1 is 1.14 bits per heavy atom. The number of hydrogen-bond donors (Lipinski definition) is 2. The fourth-order valence-electron chi connectivity index (χ4n) is 4.17. The second-order valence-electron chi connectivity index (χ2n) is 9.06. The van der Waals surface area contributed by atoms with Gasteiger partial charge in [0.1, 0.15) is 17.1 Å². The summed E-state index contributed by atoms with van der Waals surface area (Å²) in [6, 6.07) is 19.5. The summed E-state index contributed by atoms with van der Waals surface area (Å²) < 4.78 is 45.5. The molecule has 3 aromatic heterocycles. The van der Waals surface area contributed by atoms with Crippen LogP contribution in [0.15, 0.2) is 76.7 Å². The number of alkyl halides is 3. The van der Waals surface area contributed by atoms with Crippen molar-refractivity contribution in [2.75, 3.05) is 12.4 Å². The fourth-order valence-corrected chi connectivity index (χ4v) is 5.87. The van der Waals surface area contributed by atoms with Gasteiger partial charge in [-0.05, 0) is 53.6 Å². The highest BCUT2D eigenvalue weighted by atomic mass is 32.2. The zero-order valence-corrected chi connectivity index (χ0v) is 24.0. The number of H-pyrrole nitrogens is 1. The summed E-state index contributed by atoms with van der Waals surface area (Å²) in [7, 11) is 2.82. The van der Waals surface area contributed by atoms with Crippen LogP contribution in [0.1, 0.15) is 16.1 Å². The lowest BCUT2D eigenvalue weighted by Gasteiger charge is -2.09.